The van der Waals surface area contributed by atoms with E-state index in [2.05, 4.69) is 23.5 Å². The second-order valence-electron chi connectivity index (χ2n) is 6.05. The zero-order chi connectivity index (χ0) is 17.0. The summed E-state index contributed by atoms with van der Waals surface area (Å²) in [5, 5.41) is -0.218. The van der Waals surface area contributed by atoms with Gasteiger partial charge in [0.05, 0.1) is 17.7 Å². The quantitative estimate of drug-likeness (QED) is 0.840. The molecule has 1 fully saturated rings. The van der Waals surface area contributed by atoms with E-state index in [9.17, 15) is 12.8 Å². The smallest absolute Gasteiger partial charge is 0.243 e. The van der Waals surface area contributed by atoms with Gasteiger partial charge >= 0.3 is 0 Å². The molecule has 1 N–H and O–H groups in total. The van der Waals surface area contributed by atoms with Crippen LogP contribution in [0.25, 0.3) is 0 Å². The van der Waals surface area contributed by atoms with E-state index < -0.39 is 20.7 Å². The number of hydrogen-bond acceptors (Lipinski definition) is 4. The van der Waals surface area contributed by atoms with Gasteiger partial charge in [-0.2, -0.15) is 0 Å². The van der Waals surface area contributed by atoms with Crippen molar-refractivity contribution >= 4 is 21.6 Å². The number of halogens is 2. The summed E-state index contributed by atoms with van der Waals surface area (Å²) in [7, 11) is -3.96. The number of nitrogens with one attached hydrogen (secondary N) is 1. The third-order valence-electron chi connectivity index (χ3n) is 3.55. The van der Waals surface area contributed by atoms with E-state index in [1.165, 1.54) is 18.2 Å². The molecule has 0 saturated carbocycles. The molecule has 1 aliphatic rings. The molecule has 0 aliphatic carbocycles. The van der Waals surface area contributed by atoms with Crippen molar-refractivity contribution in [2.45, 2.75) is 24.8 Å². The van der Waals surface area contributed by atoms with Crippen LogP contribution < -0.4 is 4.72 Å². The van der Waals surface area contributed by atoms with Crippen LogP contribution >= 0.6 is 11.6 Å². The van der Waals surface area contributed by atoms with Gasteiger partial charge in [-0.25, -0.2) is 17.5 Å². The van der Waals surface area contributed by atoms with Crippen LogP contribution in [0.2, 0.25) is 5.02 Å². The fraction of sp³-hybridized carbons (Fsp3) is 0.600. The molecule has 1 aromatic rings. The van der Waals surface area contributed by atoms with Crippen molar-refractivity contribution in [2.24, 2.45) is 5.92 Å². The van der Waals surface area contributed by atoms with Gasteiger partial charge in [0.1, 0.15) is 4.90 Å². The Bertz CT molecular complexity index is 640. The zero-order valence-corrected chi connectivity index (χ0v) is 14.8. The molecule has 5 nitrogen and oxygen atoms in total. The van der Waals surface area contributed by atoms with Gasteiger partial charge in [-0.05, 0) is 18.1 Å². The average molecular weight is 365 g/mol. The van der Waals surface area contributed by atoms with Crippen LogP contribution in [0.1, 0.15) is 13.8 Å². The summed E-state index contributed by atoms with van der Waals surface area (Å²) in [5.41, 5.74) is 0. The molecule has 0 bridgehead atoms. The summed E-state index contributed by atoms with van der Waals surface area (Å²) in [6.45, 7) is 7.36. The first-order valence-electron chi connectivity index (χ1n) is 7.57. The summed E-state index contributed by atoms with van der Waals surface area (Å²) in [5.74, 6) is -0.404. The van der Waals surface area contributed by atoms with E-state index >= 15 is 0 Å². The van der Waals surface area contributed by atoms with Gasteiger partial charge in [-0.3, -0.25) is 4.90 Å². The van der Waals surface area contributed by atoms with Crippen LogP contribution in [0.4, 0.5) is 4.39 Å². The SMILES string of the molecule is CC(C)CN1CCO[C@@H](CNS(=O)(=O)c2cccc(Cl)c2F)C1. The minimum Gasteiger partial charge on any atom is -0.374 e. The first-order valence-corrected chi connectivity index (χ1v) is 9.43. The molecule has 0 spiro atoms. The zero-order valence-electron chi connectivity index (χ0n) is 13.3. The van der Waals surface area contributed by atoms with Gasteiger partial charge in [-0.1, -0.05) is 31.5 Å². The fourth-order valence-corrected chi connectivity index (χ4v) is 3.95. The Morgan fingerprint density at radius 1 is 1.48 bits per heavy atom. The van der Waals surface area contributed by atoms with E-state index in [1.54, 1.807) is 0 Å². The van der Waals surface area contributed by atoms with Crippen molar-refractivity contribution in [1.29, 1.82) is 0 Å². The molecule has 8 heteroatoms. The van der Waals surface area contributed by atoms with Crippen molar-refractivity contribution in [3.05, 3.63) is 29.0 Å². The van der Waals surface area contributed by atoms with Crippen molar-refractivity contribution in [1.82, 2.24) is 9.62 Å². The molecule has 0 aromatic heterocycles. The lowest BCUT2D eigenvalue weighted by Gasteiger charge is -2.33. The van der Waals surface area contributed by atoms with Crippen LogP contribution in [0.5, 0.6) is 0 Å². The second kappa shape index (κ2) is 7.90. The molecular formula is C15H22ClFN2O3S. The van der Waals surface area contributed by atoms with E-state index in [-0.39, 0.29) is 17.7 Å². The number of ether oxygens (including phenoxy) is 1. The Labute approximate surface area is 141 Å². The maximum atomic E-state index is 13.9. The Morgan fingerprint density at radius 2 is 2.22 bits per heavy atom. The maximum Gasteiger partial charge on any atom is 0.243 e. The minimum absolute atomic E-state index is 0.100. The summed E-state index contributed by atoms with van der Waals surface area (Å²) in [6, 6.07) is 3.90. The highest BCUT2D eigenvalue weighted by Crippen LogP contribution is 2.21. The monoisotopic (exact) mass is 364 g/mol. The van der Waals surface area contributed by atoms with Crippen LogP contribution in [-0.2, 0) is 14.8 Å². The second-order valence-corrected chi connectivity index (χ2v) is 8.19. The molecule has 2 rings (SSSR count). The molecule has 0 unspecified atom stereocenters. The number of nitrogens with zero attached hydrogens (tertiary/aromatic N) is 1. The van der Waals surface area contributed by atoms with E-state index in [0.29, 0.717) is 19.1 Å². The lowest BCUT2D eigenvalue weighted by atomic mass is 10.2. The lowest BCUT2D eigenvalue weighted by molar-refractivity contribution is -0.0280. The largest absolute Gasteiger partial charge is 0.374 e. The van der Waals surface area contributed by atoms with E-state index in [1.807, 2.05) is 0 Å². The summed E-state index contributed by atoms with van der Waals surface area (Å²) < 4.78 is 46.3. The highest BCUT2D eigenvalue weighted by atomic mass is 35.5. The van der Waals surface area contributed by atoms with Gasteiger partial charge in [-0.15, -0.1) is 0 Å². The van der Waals surface area contributed by atoms with Gasteiger partial charge in [0.2, 0.25) is 10.0 Å². The summed E-state index contributed by atoms with van der Waals surface area (Å²) in [4.78, 5) is 1.80. The molecule has 1 atom stereocenters. The predicted octanol–water partition coefficient (Wildman–Crippen LogP) is 2.11. The Balaban J connectivity index is 1.98. The van der Waals surface area contributed by atoms with Gasteiger partial charge in [0, 0.05) is 26.2 Å². The van der Waals surface area contributed by atoms with Crippen LogP contribution in [0.3, 0.4) is 0 Å². The van der Waals surface area contributed by atoms with Crippen LogP contribution in [0, 0.1) is 11.7 Å². The number of morpholine rings is 1. The molecule has 1 heterocycles. The summed E-state index contributed by atoms with van der Waals surface area (Å²) >= 11 is 5.64. The third kappa shape index (κ3) is 5.12. The Kier molecular flexibility index (Phi) is 6.39. The standard InChI is InChI=1S/C15H22ClFN2O3S/c1-11(2)9-19-6-7-22-12(10-19)8-18-23(20,21)14-5-3-4-13(16)15(14)17/h3-5,11-12,18H,6-10H2,1-2H3/t12-/m0/s1. The molecule has 0 radical (unpaired) electrons. The van der Waals surface area contributed by atoms with Gasteiger partial charge in [0.15, 0.2) is 5.82 Å². The van der Waals surface area contributed by atoms with Crippen molar-refractivity contribution < 1.29 is 17.5 Å². The van der Waals surface area contributed by atoms with Crippen molar-refractivity contribution in [3.63, 3.8) is 0 Å². The fourth-order valence-electron chi connectivity index (χ4n) is 2.56. The van der Waals surface area contributed by atoms with Crippen LogP contribution in [-0.4, -0.2) is 52.2 Å². The van der Waals surface area contributed by atoms with Crippen molar-refractivity contribution in [2.75, 3.05) is 32.8 Å². The number of sulfonamides is 1. The Hall–Kier alpha value is -0.730. The first-order chi connectivity index (χ1) is 10.8. The number of rotatable bonds is 6. The highest BCUT2D eigenvalue weighted by molar-refractivity contribution is 7.89. The molecule has 0 amide bonds. The third-order valence-corrected chi connectivity index (χ3v) is 5.29. The highest BCUT2D eigenvalue weighted by Gasteiger charge is 2.25. The molecule has 130 valence electrons. The maximum absolute atomic E-state index is 13.9. The molecule has 1 aromatic carbocycles. The van der Waals surface area contributed by atoms with Gasteiger partial charge in [0.25, 0.3) is 0 Å². The van der Waals surface area contributed by atoms with E-state index in [0.717, 1.165) is 13.1 Å². The first kappa shape index (κ1) is 18.6. The van der Waals surface area contributed by atoms with Gasteiger partial charge < -0.3 is 4.74 Å². The molecule has 1 saturated heterocycles. The number of benzene rings is 1. The van der Waals surface area contributed by atoms with Crippen LogP contribution in [0.15, 0.2) is 23.1 Å². The van der Waals surface area contributed by atoms with E-state index in [4.69, 9.17) is 16.3 Å². The molecule has 23 heavy (non-hydrogen) atoms. The lowest BCUT2D eigenvalue weighted by Crippen LogP contribution is -2.48. The minimum atomic E-state index is -3.96. The topological polar surface area (TPSA) is 58.6 Å². The average Bonchev–Trinajstić information content (AvgIpc) is 2.48. The Morgan fingerprint density at radius 3 is 2.91 bits per heavy atom. The molecule has 1 aliphatic heterocycles. The number of hydrogen-bond donors (Lipinski definition) is 1. The van der Waals surface area contributed by atoms with Crippen molar-refractivity contribution in [3.8, 4) is 0 Å². The predicted molar refractivity (Wildman–Crippen MR) is 87.6 cm³/mol. The molecular weight excluding hydrogens is 343 g/mol. The summed E-state index contributed by atoms with van der Waals surface area (Å²) in [6.07, 6.45) is -0.250. The normalized spacial score (nSPS) is 20.1.